The minimum Gasteiger partial charge on any atom is -0.341 e. The number of carbonyl (C=O) groups excluding carboxylic acids is 4. The third kappa shape index (κ3) is 4.94. The fraction of sp³-hybridized carbons (Fsp3) is 0.480. The smallest absolute Gasteiger partial charge is 0.341 e. The molecule has 2 saturated heterocycles. The van der Waals surface area contributed by atoms with Gasteiger partial charge in [0.25, 0.3) is 11.8 Å². The molecule has 2 aromatic rings. The number of carbonyl (C=O) groups is 4. The number of nitrogens with zero attached hydrogens (tertiary/aromatic N) is 5. The summed E-state index contributed by atoms with van der Waals surface area (Å²) >= 11 is 0. The lowest BCUT2D eigenvalue weighted by molar-refractivity contribution is -0.139. The Balaban J connectivity index is 1.52. The molecule has 3 heterocycles. The maximum absolute atomic E-state index is 14.3. The van der Waals surface area contributed by atoms with Crippen LogP contribution < -0.4 is 10.2 Å². The zero-order valence-electron chi connectivity index (χ0n) is 21.8. The first kappa shape index (κ1) is 28.0. The van der Waals surface area contributed by atoms with Crippen molar-refractivity contribution in [3.05, 3.63) is 47.5 Å². The number of alkyl halides is 3. The van der Waals surface area contributed by atoms with Gasteiger partial charge < -0.3 is 10.2 Å². The van der Waals surface area contributed by atoms with E-state index in [0.717, 1.165) is 4.90 Å². The van der Waals surface area contributed by atoms with Crippen LogP contribution in [0.4, 0.5) is 28.0 Å². The summed E-state index contributed by atoms with van der Waals surface area (Å²) in [5, 5.41) is 6.47. The summed E-state index contributed by atoms with van der Waals surface area (Å²) in [6.07, 6.45) is -1.47. The number of amides is 5. The molecule has 210 valence electrons. The predicted molar refractivity (Wildman–Crippen MR) is 130 cm³/mol. The van der Waals surface area contributed by atoms with Crippen LogP contribution in [-0.2, 0) is 22.8 Å². The number of anilines is 1. The van der Waals surface area contributed by atoms with Crippen LogP contribution in [0.2, 0.25) is 0 Å². The fourth-order valence-electron chi connectivity index (χ4n) is 5.05. The number of rotatable bonds is 5. The van der Waals surface area contributed by atoms with Gasteiger partial charge in [-0.3, -0.25) is 28.9 Å². The minimum atomic E-state index is -4.78. The van der Waals surface area contributed by atoms with Gasteiger partial charge in [0.2, 0.25) is 5.91 Å². The fourth-order valence-corrected chi connectivity index (χ4v) is 5.05. The van der Waals surface area contributed by atoms with Crippen molar-refractivity contribution in [3.63, 3.8) is 0 Å². The summed E-state index contributed by atoms with van der Waals surface area (Å²) in [7, 11) is 3.06. The lowest BCUT2D eigenvalue weighted by Crippen LogP contribution is -2.60. The number of likely N-dealkylation sites (tertiary alicyclic amines) is 1. The van der Waals surface area contributed by atoms with Gasteiger partial charge in [-0.15, -0.1) is 0 Å². The monoisotopic (exact) mass is 552 g/mol. The molecule has 0 saturated carbocycles. The number of imide groups is 1. The van der Waals surface area contributed by atoms with Gasteiger partial charge in [0.15, 0.2) is 0 Å². The van der Waals surface area contributed by atoms with E-state index in [1.54, 1.807) is 27.1 Å². The second kappa shape index (κ2) is 9.97. The van der Waals surface area contributed by atoms with E-state index in [0.29, 0.717) is 23.9 Å². The van der Waals surface area contributed by atoms with Crippen molar-refractivity contribution in [1.82, 2.24) is 24.9 Å². The lowest BCUT2D eigenvalue weighted by Gasteiger charge is -2.42. The van der Waals surface area contributed by atoms with Crippen LogP contribution in [0.3, 0.4) is 0 Å². The van der Waals surface area contributed by atoms with E-state index < -0.39 is 64.4 Å². The number of aromatic nitrogens is 2. The molecule has 10 nitrogen and oxygen atoms in total. The highest BCUT2D eigenvalue weighted by Crippen LogP contribution is 2.40. The maximum Gasteiger partial charge on any atom is 0.416 e. The molecule has 0 bridgehead atoms. The molecule has 2 fully saturated rings. The Labute approximate surface area is 221 Å². The predicted octanol–water partition coefficient (Wildman–Crippen LogP) is 2.79. The van der Waals surface area contributed by atoms with E-state index in [1.807, 2.05) is 0 Å². The molecule has 2 aliphatic heterocycles. The molecule has 1 N–H and O–H groups in total. The summed E-state index contributed by atoms with van der Waals surface area (Å²) in [5.41, 5.74) is -2.80. The first-order valence-electron chi connectivity index (χ1n) is 12.2. The lowest BCUT2D eigenvalue weighted by atomic mass is 9.85. The number of urea groups is 1. The second-order valence-corrected chi connectivity index (χ2v) is 10.1. The van der Waals surface area contributed by atoms with Crippen LogP contribution in [0.5, 0.6) is 0 Å². The number of likely N-dealkylation sites (N-methyl/N-ethyl adjacent to an activating group) is 1. The Morgan fingerprint density at radius 2 is 1.74 bits per heavy atom. The molecule has 1 atom stereocenters. The number of aryl methyl sites for hydroxylation is 1. The number of benzene rings is 1. The first-order valence-corrected chi connectivity index (χ1v) is 12.2. The van der Waals surface area contributed by atoms with Gasteiger partial charge in [-0.2, -0.15) is 18.3 Å². The molecule has 4 rings (SSSR count). The molecule has 0 unspecified atom stereocenters. The van der Waals surface area contributed by atoms with Crippen molar-refractivity contribution in [1.29, 1.82) is 0 Å². The molecule has 1 aromatic carbocycles. The minimum absolute atomic E-state index is 0.0689. The molecule has 5 amide bonds. The van der Waals surface area contributed by atoms with E-state index in [4.69, 9.17) is 0 Å². The van der Waals surface area contributed by atoms with E-state index in [1.165, 1.54) is 27.7 Å². The molecule has 0 aliphatic carbocycles. The van der Waals surface area contributed by atoms with Gasteiger partial charge in [-0.25, -0.2) is 9.18 Å². The van der Waals surface area contributed by atoms with Crippen LogP contribution in [0.15, 0.2) is 30.6 Å². The summed E-state index contributed by atoms with van der Waals surface area (Å²) in [4.78, 5) is 56.2. The molecule has 14 heteroatoms. The standard InChI is InChI=1S/C25H28F4N6O4/c1-14(2)19(31-20(36)17-11-15(25(27,28)29)5-6-18(17)26)21(37)34-9-7-24(8-10-34)22(38)33(4)23(39)35(24)16-12-30-32(3)13-16/h5-6,11-14,19H,7-10H2,1-4H3,(H,31,36)/t19-/m1/s1. The zero-order valence-corrected chi connectivity index (χ0v) is 21.8. The van der Waals surface area contributed by atoms with Crippen molar-refractivity contribution in [2.24, 2.45) is 13.0 Å². The van der Waals surface area contributed by atoms with E-state index >= 15 is 0 Å². The number of hydrogen-bond acceptors (Lipinski definition) is 5. The van der Waals surface area contributed by atoms with Gasteiger partial charge >= 0.3 is 12.2 Å². The molecule has 2 aliphatic rings. The van der Waals surface area contributed by atoms with Crippen LogP contribution in [0, 0.1) is 11.7 Å². The van der Waals surface area contributed by atoms with Crippen molar-refractivity contribution in [3.8, 4) is 0 Å². The van der Waals surface area contributed by atoms with Crippen molar-refractivity contribution < 1.29 is 36.7 Å². The topological polar surface area (TPSA) is 108 Å². The normalized spacial score (nSPS) is 18.3. The largest absolute Gasteiger partial charge is 0.416 e. The molecule has 1 aromatic heterocycles. The summed E-state index contributed by atoms with van der Waals surface area (Å²) < 4.78 is 55.0. The highest BCUT2D eigenvalue weighted by atomic mass is 19.4. The Morgan fingerprint density at radius 1 is 1.10 bits per heavy atom. The van der Waals surface area contributed by atoms with Gasteiger partial charge in [0, 0.05) is 33.4 Å². The Bertz CT molecular complexity index is 1320. The zero-order chi connectivity index (χ0) is 28.9. The SMILES string of the molecule is CC(C)[C@@H](NC(=O)c1cc(C(F)(F)F)ccc1F)C(=O)N1CCC2(CC1)C(=O)N(C)C(=O)N2c1cnn(C)c1. The average molecular weight is 553 g/mol. The summed E-state index contributed by atoms with van der Waals surface area (Å²) in [6, 6.07) is -0.188. The Kier molecular flexibility index (Phi) is 7.17. The Hall–Kier alpha value is -3.97. The molecule has 0 radical (unpaired) electrons. The van der Waals surface area contributed by atoms with Gasteiger partial charge in [-0.05, 0) is 37.0 Å². The second-order valence-electron chi connectivity index (χ2n) is 10.1. The number of halogens is 4. The highest BCUT2D eigenvalue weighted by molar-refractivity contribution is 6.16. The van der Waals surface area contributed by atoms with Gasteiger partial charge in [-0.1, -0.05) is 13.8 Å². The van der Waals surface area contributed by atoms with Crippen LogP contribution in [0.25, 0.3) is 0 Å². The number of nitrogens with one attached hydrogen (secondary N) is 1. The van der Waals surface area contributed by atoms with Gasteiger partial charge in [0.05, 0.1) is 23.0 Å². The molecule has 39 heavy (non-hydrogen) atoms. The van der Waals surface area contributed by atoms with Crippen LogP contribution in [-0.4, -0.2) is 75.1 Å². The average Bonchev–Trinajstić information content (AvgIpc) is 3.37. The van der Waals surface area contributed by atoms with Crippen molar-refractivity contribution >= 4 is 29.4 Å². The molecule has 1 spiro atoms. The highest BCUT2D eigenvalue weighted by Gasteiger charge is 2.58. The number of hydrogen-bond donors (Lipinski definition) is 1. The van der Waals surface area contributed by atoms with Gasteiger partial charge in [0.1, 0.15) is 17.4 Å². The Morgan fingerprint density at radius 3 is 2.28 bits per heavy atom. The maximum atomic E-state index is 14.3. The number of piperidine rings is 1. The summed E-state index contributed by atoms with van der Waals surface area (Å²) in [6.45, 7) is 3.41. The van der Waals surface area contributed by atoms with Crippen LogP contribution in [0.1, 0.15) is 42.6 Å². The van der Waals surface area contributed by atoms with E-state index in [2.05, 4.69) is 10.4 Å². The van der Waals surface area contributed by atoms with Crippen molar-refractivity contribution in [2.45, 2.75) is 44.4 Å². The van der Waals surface area contributed by atoms with Crippen molar-refractivity contribution in [2.75, 3.05) is 25.0 Å². The molecular weight excluding hydrogens is 524 g/mol. The summed E-state index contributed by atoms with van der Waals surface area (Å²) in [5.74, 6) is -3.73. The first-order chi connectivity index (χ1) is 18.2. The quantitative estimate of drug-likeness (QED) is 0.454. The van der Waals surface area contributed by atoms with Crippen LogP contribution >= 0.6 is 0 Å². The molecular formula is C25H28F4N6O4. The third-order valence-corrected chi connectivity index (χ3v) is 7.22. The van der Waals surface area contributed by atoms with E-state index in [-0.39, 0.29) is 25.9 Å². The van der Waals surface area contributed by atoms with E-state index in [9.17, 15) is 36.7 Å². The third-order valence-electron chi connectivity index (χ3n) is 7.22.